The number of halogens is 1. The number of nitrogens with one attached hydrogen (secondary N) is 1. The van der Waals surface area contributed by atoms with Crippen LogP contribution < -0.4 is 5.32 Å². The van der Waals surface area contributed by atoms with E-state index in [0.29, 0.717) is 21.7 Å². The van der Waals surface area contributed by atoms with Gasteiger partial charge in [-0.05, 0) is 44.5 Å². The van der Waals surface area contributed by atoms with Gasteiger partial charge in [-0.25, -0.2) is 0 Å². The van der Waals surface area contributed by atoms with Gasteiger partial charge in [-0.1, -0.05) is 29.4 Å². The zero-order valence-corrected chi connectivity index (χ0v) is 16.5. The van der Waals surface area contributed by atoms with Crippen LogP contribution in [-0.2, 0) is 11.8 Å². The Morgan fingerprint density at radius 1 is 1.31 bits per heavy atom. The third-order valence-corrected chi connectivity index (χ3v) is 5.66. The maximum Gasteiger partial charge on any atom is 0.237 e. The first-order valence-electron chi connectivity index (χ1n) is 8.05. The van der Waals surface area contributed by atoms with Gasteiger partial charge >= 0.3 is 0 Å². The summed E-state index contributed by atoms with van der Waals surface area (Å²) in [4.78, 5) is 12.5. The average molecular weight is 391 g/mol. The highest BCUT2D eigenvalue weighted by Gasteiger charge is 2.21. The van der Waals surface area contributed by atoms with Crippen LogP contribution in [0.3, 0.4) is 0 Å². The molecule has 0 aliphatic rings. The number of hydrogen-bond donors (Lipinski definition) is 1. The van der Waals surface area contributed by atoms with E-state index in [1.165, 1.54) is 11.8 Å². The van der Waals surface area contributed by atoms with Crippen molar-refractivity contribution in [3.05, 3.63) is 46.9 Å². The zero-order valence-electron chi connectivity index (χ0n) is 14.9. The fourth-order valence-corrected chi connectivity index (χ4v) is 3.45. The second kappa shape index (κ2) is 7.55. The Labute approximate surface area is 160 Å². The lowest BCUT2D eigenvalue weighted by atomic mass is 10.2. The largest absolute Gasteiger partial charge is 0.469 e. The van der Waals surface area contributed by atoms with Crippen molar-refractivity contribution in [2.75, 3.05) is 5.32 Å². The zero-order chi connectivity index (χ0) is 18.8. The predicted octanol–water partition coefficient (Wildman–Crippen LogP) is 4.46. The summed E-state index contributed by atoms with van der Waals surface area (Å²) in [5.41, 5.74) is 2.44. The van der Waals surface area contributed by atoms with Gasteiger partial charge in [0.15, 0.2) is 11.0 Å². The number of hydrogen-bond acceptors (Lipinski definition) is 5. The number of anilines is 1. The highest BCUT2D eigenvalue weighted by atomic mass is 35.5. The summed E-state index contributed by atoms with van der Waals surface area (Å²) in [5.74, 6) is 1.36. The molecule has 0 radical (unpaired) electrons. The lowest BCUT2D eigenvalue weighted by Gasteiger charge is -2.13. The van der Waals surface area contributed by atoms with Crippen LogP contribution in [0.15, 0.2) is 40.1 Å². The highest BCUT2D eigenvalue weighted by Crippen LogP contribution is 2.29. The topological polar surface area (TPSA) is 72.9 Å². The monoisotopic (exact) mass is 390 g/mol. The van der Waals surface area contributed by atoms with Crippen molar-refractivity contribution in [1.29, 1.82) is 0 Å². The van der Waals surface area contributed by atoms with E-state index in [4.69, 9.17) is 16.0 Å². The quantitative estimate of drug-likeness (QED) is 0.651. The van der Waals surface area contributed by atoms with Crippen molar-refractivity contribution in [1.82, 2.24) is 14.8 Å². The predicted molar refractivity (Wildman–Crippen MR) is 104 cm³/mol. The number of furan rings is 1. The fraction of sp³-hybridized carbons (Fsp3) is 0.278. The number of carbonyl (C=O) groups excluding carboxylic acids is 1. The standard InChI is InChI=1S/C18H19ClN4O2S/c1-10-14(19)6-5-7-15(10)20-17(24)12(3)26-18-22-21-16(23(18)4)13-8-9-25-11(13)2/h5-9,12H,1-4H3,(H,20,24)/t12-/m0/s1. The Morgan fingerprint density at radius 3 is 2.77 bits per heavy atom. The van der Waals surface area contributed by atoms with Crippen LogP contribution in [0.5, 0.6) is 0 Å². The minimum atomic E-state index is -0.352. The molecular formula is C18H19ClN4O2S. The number of amides is 1. The average Bonchev–Trinajstić information content (AvgIpc) is 3.18. The van der Waals surface area contributed by atoms with Gasteiger partial charge in [0.25, 0.3) is 0 Å². The summed E-state index contributed by atoms with van der Waals surface area (Å²) in [7, 11) is 1.87. The molecule has 1 aromatic carbocycles. The van der Waals surface area contributed by atoms with Crippen LogP contribution >= 0.6 is 23.4 Å². The Kier molecular flexibility index (Phi) is 5.38. The number of rotatable bonds is 5. The molecule has 6 nitrogen and oxygen atoms in total. The van der Waals surface area contributed by atoms with E-state index in [1.54, 1.807) is 12.3 Å². The molecule has 3 rings (SSSR count). The lowest BCUT2D eigenvalue weighted by molar-refractivity contribution is -0.115. The minimum Gasteiger partial charge on any atom is -0.469 e. The van der Waals surface area contributed by atoms with Crippen LogP contribution in [0.25, 0.3) is 11.4 Å². The molecule has 0 saturated heterocycles. The van der Waals surface area contributed by atoms with E-state index in [1.807, 2.05) is 50.6 Å². The maximum absolute atomic E-state index is 12.5. The Hall–Kier alpha value is -2.25. The molecule has 2 heterocycles. The Balaban J connectivity index is 1.73. The first-order chi connectivity index (χ1) is 12.4. The van der Waals surface area contributed by atoms with E-state index in [9.17, 15) is 4.79 Å². The summed E-state index contributed by atoms with van der Waals surface area (Å²) in [6.45, 7) is 5.58. The number of aromatic nitrogens is 3. The molecule has 1 N–H and O–H groups in total. The Bertz CT molecular complexity index is 951. The van der Waals surface area contributed by atoms with Crippen LogP contribution in [0.2, 0.25) is 5.02 Å². The minimum absolute atomic E-state index is 0.121. The van der Waals surface area contributed by atoms with Crippen molar-refractivity contribution in [2.24, 2.45) is 7.05 Å². The van der Waals surface area contributed by atoms with Gasteiger partial charge in [-0.3, -0.25) is 4.79 Å². The van der Waals surface area contributed by atoms with E-state index in [-0.39, 0.29) is 11.2 Å². The van der Waals surface area contributed by atoms with Gasteiger partial charge in [0.05, 0.1) is 17.1 Å². The molecule has 3 aromatic rings. The van der Waals surface area contributed by atoms with Gasteiger partial charge in [0.1, 0.15) is 5.76 Å². The molecule has 0 saturated carbocycles. The van der Waals surface area contributed by atoms with Gasteiger partial charge in [0, 0.05) is 17.8 Å². The van der Waals surface area contributed by atoms with Crippen molar-refractivity contribution in [3.63, 3.8) is 0 Å². The fourth-order valence-electron chi connectivity index (χ4n) is 2.46. The van der Waals surface area contributed by atoms with E-state index in [0.717, 1.165) is 16.9 Å². The summed E-state index contributed by atoms with van der Waals surface area (Å²) in [6.07, 6.45) is 1.62. The second-order valence-corrected chi connectivity index (χ2v) is 7.63. The van der Waals surface area contributed by atoms with Crippen LogP contribution in [0, 0.1) is 13.8 Å². The van der Waals surface area contributed by atoms with Gasteiger partial charge in [-0.15, -0.1) is 10.2 Å². The molecule has 0 aliphatic heterocycles. The number of nitrogens with zero attached hydrogens (tertiary/aromatic N) is 3. The number of benzene rings is 1. The summed E-state index contributed by atoms with van der Waals surface area (Å²) < 4.78 is 7.18. The molecule has 0 spiro atoms. The van der Waals surface area contributed by atoms with E-state index >= 15 is 0 Å². The molecular weight excluding hydrogens is 372 g/mol. The molecule has 0 fully saturated rings. The third-order valence-electron chi connectivity index (χ3n) is 4.11. The highest BCUT2D eigenvalue weighted by molar-refractivity contribution is 8.00. The van der Waals surface area contributed by atoms with Crippen molar-refractivity contribution in [3.8, 4) is 11.4 Å². The number of carbonyl (C=O) groups is 1. The molecule has 1 atom stereocenters. The molecule has 1 amide bonds. The molecule has 136 valence electrons. The molecule has 0 bridgehead atoms. The van der Waals surface area contributed by atoms with Gasteiger partial charge in [-0.2, -0.15) is 0 Å². The van der Waals surface area contributed by atoms with Crippen LogP contribution in [-0.4, -0.2) is 25.9 Å². The van der Waals surface area contributed by atoms with E-state index in [2.05, 4.69) is 15.5 Å². The first-order valence-corrected chi connectivity index (χ1v) is 9.30. The molecule has 0 aliphatic carbocycles. The Morgan fingerprint density at radius 2 is 2.08 bits per heavy atom. The first kappa shape index (κ1) is 18.5. The van der Waals surface area contributed by atoms with Crippen LogP contribution in [0.4, 0.5) is 5.69 Å². The van der Waals surface area contributed by atoms with E-state index < -0.39 is 0 Å². The maximum atomic E-state index is 12.5. The summed E-state index contributed by atoms with van der Waals surface area (Å²) in [5, 5.41) is 12.3. The summed E-state index contributed by atoms with van der Waals surface area (Å²) >= 11 is 7.45. The number of thioether (sulfide) groups is 1. The lowest BCUT2D eigenvalue weighted by Crippen LogP contribution is -2.23. The van der Waals surface area contributed by atoms with Crippen LogP contribution in [0.1, 0.15) is 18.2 Å². The second-order valence-electron chi connectivity index (χ2n) is 5.92. The van der Waals surface area contributed by atoms with Crippen molar-refractivity contribution in [2.45, 2.75) is 31.2 Å². The SMILES string of the molecule is Cc1occc1-c1nnc(S[C@@H](C)C(=O)Nc2cccc(Cl)c2C)n1C. The summed E-state index contributed by atoms with van der Waals surface area (Å²) in [6, 6.07) is 7.29. The number of aryl methyl sites for hydroxylation is 1. The van der Waals surface area contributed by atoms with Crippen molar-refractivity contribution >= 4 is 35.0 Å². The van der Waals surface area contributed by atoms with Crippen molar-refractivity contribution < 1.29 is 9.21 Å². The molecule has 0 unspecified atom stereocenters. The molecule has 8 heteroatoms. The third kappa shape index (κ3) is 3.64. The molecule has 26 heavy (non-hydrogen) atoms. The smallest absolute Gasteiger partial charge is 0.237 e. The van der Waals surface area contributed by atoms with Gasteiger partial charge in [0.2, 0.25) is 5.91 Å². The normalized spacial score (nSPS) is 12.2. The van der Waals surface area contributed by atoms with Gasteiger partial charge < -0.3 is 14.3 Å². The molecule has 2 aromatic heterocycles.